The molecule has 3 rings (SSSR count). The minimum atomic E-state index is -3.69. The van der Waals surface area contributed by atoms with Crippen LogP contribution in [0.15, 0.2) is 16.3 Å². The van der Waals surface area contributed by atoms with Crippen LogP contribution in [0.4, 0.5) is 4.79 Å². The Kier molecular flexibility index (Phi) is 12.5. The fourth-order valence-electron chi connectivity index (χ4n) is 6.07. The van der Waals surface area contributed by atoms with Crippen LogP contribution in [0.5, 0.6) is 0 Å². The molecule has 1 aromatic heterocycles. The van der Waals surface area contributed by atoms with Crippen LogP contribution in [-0.2, 0) is 35.7 Å². The molecule has 13 nitrogen and oxygen atoms in total. The number of sulfonamides is 1. The Labute approximate surface area is 289 Å². The molecule has 0 aliphatic carbocycles. The average molecular weight is 711 g/mol. The smallest absolute Gasteiger partial charge is 0.315 e. The van der Waals surface area contributed by atoms with E-state index in [-0.39, 0.29) is 37.9 Å². The van der Waals surface area contributed by atoms with E-state index < -0.39 is 74.6 Å². The van der Waals surface area contributed by atoms with Gasteiger partial charge in [-0.15, -0.1) is 11.3 Å². The molecule has 5 atom stereocenters. The zero-order chi connectivity index (χ0) is 36.4. The molecule has 0 aromatic carbocycles. The molecule has 1 aromatic rings. The lowest BCUT2D eigenvalue weighted by atomic mass is 9.85. The van der Waals surface area contributed by atoms with Crippen molar-refractivity contribution in [2.45, 2.75) is 124 Å². The predicted molar refractivity (Wildman–Crippen MR) is 184 cm³/mol. The van der Waals surface area contributed by atoms with E-state index in [2.05, 4.69) is 16.0 Å². The molecular weight excluding hydrogens is 657 g/mol. The van der Waals surface area contributed by atoms with Crippen molar-refractivity contribution >= 4 is 50.9 Å². The van der Waals surface area contributed by atoms with E-state index in [0.717, 1.165) is 11.3 Å². The van der Waals surface area contributed by atoms with Gasteiger partial charge in [-0.2, -0.15) is 4.31 Å². The number of hydrogen-bond donors (Lipinski definition) is 4. The number of likely N-dealkylation sites (tertiary alicyclic amines) is 1. The molecule has 3 heterocycles. The van der Waals surface area contributed by atoms with E-state index >= 15 is 0 Å². The zero-order valence-corrected chi connectivity index (χ0v) is 31.3. The number of fused-ring (bicyclic) bond motifs is 1. The van der Waals surface area contributed by atoms with E-state index in [1.54, 1.807) is 11.4 Å². The number of Topliss-reactive ketones (excluding diaryl/α,β-unsaturated/α-hetero) is 1. The fraction of sp³-hybridized carbons (Fsp3) is 0.727. The van der Waals surface area contributed by atoms with Crippen molar-refractivity contribution in [1.82, 2.24) is 25.2 Å². The highest BCUT2D eigenvalue weighted by Crippen LogP contribution is 2.36. The number of nitrogens with zero attached hydrogens (tertiary/aromatic N) is 2. The summed E-state index contributed by atoms with van der Waals surface area (Å²) in [6.45, 7) is 17.6. The van der Waals surface area contributed by atoms with Gasteiger partial charge >= 0.3 is 6.03 Å². The Bertz CT molecular complexity index is 1480. The fourth-order valence-corrected chi connectivity index (χ4v) is 8.99. The van der Waals surface area contributed by atoms with Gasteiger partial charge in [-0.1, -0.05) is 75.2 Å². The number of nitrogens with one attached hydrogen (secondary N) is 3. The molecule has 0 radical (unpaired) electrons. The quantitative estimate of drug-likeness (QED) is 0.227. The molecule has 0 spiro atoms. The van der Waals surface area contributed by atoms with Crippen molar-refractivity contribution in [2.75, 3.05) is 13.1 Å². The maximum Gasteiger partial charge on any atom is 0.315 e. The third kappa shape index (κ3) is 9.14. The standard InChI is InChI=1S/C33H54N6O7S2/c1-10-11-12-21(26(40)28(34)41)35-29(42)22-15-20(19(2)3)16-39(22)30(43)27(33(7,8)9)37-31(44)36-25(32(4,5)6)18-38-17-23-24(13-14-47-23)48(38,45)46/h13-14,19-22,25,27H,10-12,15-18H2,1-9H3,(H2,34,41)(H,35,42)(H2,36,37,44)/t20-,21?,22+,25-,27-/m1/s1. The van der Waals surface area contributed by atoms with Crippen molar-refractivity contribution in [2.24, 2.45) is 28.4 Å². The molecule has 2 aliphatic rings. The summed E-state index contributed by atoms with van der Waals surface area (Å²) >= 11 is 1.38. The first-order valence-corrected chi connectivity index (χ1v) is 19.0. The second kappa shape index (κ2) is 15.2. The van der Waals surface area contributed by atoms with Crippen LogP contribution in [0.3, 0.4) is 0 Å². The van der Waals surface area contributed by atoms with Crippen LogP contribution in [0.25, 0.3) is 0 Å². The first-order chi connectivity index (χ1) is 22.1. The monoisotopic (exact) mass is 710 g/mol. The number of urea groups is 1. The molecule has 0 saturated carbocycles. The first-order valence-electron chi connectivity index (χ1n) is 16.7. The molecule has 48 heavy (non-hydrogen) atoms. The Balaban J connectivity index is 1.83. The van der Waals surface area contributed by atoms with Gasteiger partial charge in [0, 0.05) is 30.6 Å². The summed E-state index contributed by atoms with van der Waals surface area (Å²) in [6.07, 6.45) is 1.92. The molecule has 5 N–H and O–H groups in total. The average Bonchev–Trinajstić information content (AvgIpc) is 3.68. The topological polar surface area (TPSA) is 188 Å². The first kappa shape index (κ1) is 39.4. The van der Waals surface area contributed by atoms with Crippen molar-refractivity contribution in [1.29, 1.82) is 0 Å². The van der Waals surface area contributed by atoms with Crippen molar-refractivity contribution < 1.29 is 32.4 Å². The van der Waals surface area contributed by atoms with E-state index in [1.807, 2.05) is 62.3 Å². The summed E-state index contributed by atoms with van der Waals surface area (Å²) in [4.78, 5) is 68.4. The number of carbonyl (C=O) groups excluding carboxylic acids is 5. The summed E-state index contributed by atoms with van der Waals surface area (Å²) in [6, 6.07) is -2.71. The summed E-state index contributed by atoms with van der Waals surface area (Å²) in [5.74, 6) is -2.89. The zero-order valence-electron chi connectivity index (χ0n) is 29.7. The molecule has 0 bridgehead atoms. The van der Waals surface area contributed by atoms with Gasteiger partial charge in [0.05, 0.1) is 10.9 Å². The number of nitrogens with two attached hydrogens (primary N) is 1. The number of primary amides is 1. The Morgan fingerprint density at radius 1 is 1.02 bits per heavy atom. The van der Waals surface area contributed by atoms with Gasteiger partial charge in [0.2, 0.25) is 27.6 Å². The third-order valence-electron chi connectivity index (χ3n) is 9.35. The van der Waals surface area contributed by atoms with Crippen LogP contribution >= 0.6 is 11.3 Å². The number of unbranched alkanes of at least 4 members (excludes halogenated alkanes) is 1. The minimum absolute atomic E-state index is 0.0176. The highest BCUT2D eigenvalue weighted by atomic mass is 32.2. The molecule has 1 unspecified atom stereocenters. The molecule has 15 heteroatoms. The summed E-state index contributed by atoms with van der Waals surface area (Å²) in [5, 5.41) is 10.2. The van der Waals surface area contributed by atoms with E-state index in [9.17, 15) is 32.4 Å². The highest BCUT2D eigenvalue weighted by Gasteiger charge is 2.47. The maximum atomic E-state index is 14.3. The van der Waals surface area contributed by atoms with E-state index in [0.29, 0.717) is 17.7 Å². The van der Waals surface area contributed by atoms with Gasteiger partial charge in [0.1, 0.15) is 12.1 Å². The van der Waals surface area contributed by atoms with Crippen molar-refractivity contribution in [3.63, 3.8) is 0 Å². The van der Waals surface area contributed by atoms with Gasteiger partial charge in [0.15, 0.2) is 0 Å². The van der Waals surface area contributed by atoms with Crippen LogP contribution in [0, 0.1) is 22.7 Å². The number of amides is 5. The second-order valence-electron chi connectivity index (χ2n) is 15.5. The lowest BCUT2D eigenvalue weighted by molar-refractivity contribution is -0.143. The van der Waals surface area contributed by atoms with Gasteiger partial charge in [0.25, 0.3) is 5.91 Å². The second-order valence-corrected chi connectivity index (χ2v) is 18.4. The number of hydrogen-bond acceptors (Lipinski definition) is 8. The number of ketones is 1. The van der Waals surface area contributed by atoms with E-state index in [4.69, 9.17) is 5.73 Å². The van der Waals surface area contributed by atoms with Crippen LogP contribution in [0.2, 0.25) is 0 Å². The summed E-state index contributed by atoms with van der Waals surface area (Å²) in [5.41, 5.74) is 3.95. The van der Waals surface area contributed by atoms with Crippen LogP contribution in [-0.4, -0.2) is 84.4 Å². The predicted octanol–water partition coefficient (Wildman–Crippen LogP) is 2.98. The highest BCUT2D eigenvalue weighted by molar-refractivity contribution is 7.89. The number of rotatable bonds is 13. The largest absolute Gasteiger partial charge is 0.363 e. The lowest BCUT2D eigenvalue weighted by Crippen LogP contribution is -2.61. The van der Waals surface area contributed by atoms with Gasteiger partial charge in [-0.25, -0.2) is 13.2 Å². The summed E-state index contributed by atoms with van der Waals surface area (Å²) in [7, 11) is -3.69. The molecular formula is C33H54N6O7S2. The Morgan fingerprint density at radius 3 is 2.19 bits per heavy atom. The lowest BCUT2D eigenvalue weighted by Gasteiger charge is -2.37. The number of thiophene rings is 1. The molecule has 2 aliphatic heterocycles. The summed E-state index contributed by atoms with van der Waals surface area (Å²) < 4.78 is 27.7. The normalized spacial score (nSPS) is 21.3. The van der Waals surface area contributed by atoms with Gasteiger partial charge in [-0.05, 0) is 47.0 Å². The van der Waals surface area contributed by atoms with Gasteiger partial charge < -0.3 is 26.6 Å². The van der Waals surface area contributed by atoms with Crippen molar-refractivity contribution in [3.8, 4) is 0 Å². The molecule has 270 valence electrons. The number of carbonyl (C=O) groups is 5. The van der Waals surface area contributed by atoms with Crippen molar-refractivity contribution in [3.05, 3.63) is 16.3 Å². The Morgan fingerprint density at radius 2 is 1.67 bits per heavy atom. The Hall–Kier alpha value is -3.04. The minimum Gasteiger partial charge on any atom is -0.363 e. The van der Waals surface area contributed by atoms with Crippen LogP contribution < -0.4 is 21.7 Å². The molecule has 1 fully saturated rings. The molecule has 5 amide bonds. The third-order valence-corrected chi connectivity index (χ3v) is 12.3. The molecule has 1 saturated heterocycles. The van der Waals surface area contributed by atoms with Crippen LogP contribution in [0.1, 0.15) is 92.9 Å². The van der Waals surface area contributed by atoms with E-state index in [1.165, 1.54) is 20.5 Å². The van der Waals surface area contributed by atoms with Gasteiger partial charge in [-0.3, -0.25) is 19.2 Å². The maximum absolute atomic E-state index is 14.3. The SMILES string of the molecule is CCCCC(NC(=O)[C@@H]1C[C@@H](C(C)C)CN1C(=O)[C@@H](NC(=O)N[C@H](CN1Cc2sccc2S1(=O)=O)C(C)(C)C)C(C)(C)C)C(=O)C(N)=O.